The first-order chi connectivity index (χ1) is 13.7. The molecule has 0 saturated heterocycles. The molecule has 1 amide bonds. The van der Waals surface area contributed by atoms with E-state index in [0.29, 0.717) is 12.4 Å². The number of carbonyl (C=O) groups is 1. The maximum absolute atomic E-state index is 12.3. The second-order valence-electron chi connectivity index (χ2n) is 6.55. The van der Waals surface area contributed by atoms with Crippen molar-refractivity contribution in [2.45, 2.75) is 26.9 Å². The van der Waals surface area contributed by atoms with Gasteiger partial charge in [0.1, 0.15) is 18.1 Å². The highest BCUT2D eigenvalue weighted by Gasteiger charge is 2.09. The number of hydrogen-bond acceptors (Lipinski definition) is 3. The minimum atomic E-state index is -0.173. The van der Waals surface area contributed by atoms with Crippen LogP contribution in [0.1, 0.15) is 23.6 Å². The predicted octanol–water partition coefficient (Wildman–Crippen LogP) is 5.15. The van der Waals surface area contributed by atoms with E-state index < -0.39 is 0 Å². The number of benzene rings is 3. The molecule has 4 nitrogen and oxygen atoms in total. The Balaban J connectivity index is 1.50. The van der Waals surface area contributed by atoms with E-state index in [2.05, 4.69) is 12.2 Å². The molecule has 0 unspecified atom stereocenters. The molecular formula is C24H25NO3. The van der Waals surface area contributed by atoms with Crippen LogP contribution in [0.3, 0.4) is 0 Å². The maximum atomic E-state index is 12.3. The van der Waals surface area contributed by atoms with Gasteiger partial charge in [0.2, 0.25) is 0 Å². The lowest BCUT2D eigenvalue weighted by Gasteiger charge is -2.13. The van der Waals surface area contributed by atoms with Gasteiger partial charge in [-0.05, 0) is 54.3 Å². The number of hydrogen-bond donors (Lipinski definition) is 1. The van der Waals surface area contributed by atoms with Crippen molar-refractivity contribution >= 4 is 11.6 Å². The topological polar surface area (TPSA) is 47.6 Å². The third-order valence-corrected chi connectivity index (χ3v) is 4.45. The standard InChI is InChI=1S/C24H25NO3/c1-3-20-11-7-8-18(2)24(20)25-23(26)17-28-22-14-12-21(13-15-22)27-16-19-9-5-4-6-10-19/h4-15H,3,16-17H2,1-2H3,(H,25,26). The molecule has 0 aromatic heterocycles. The summed E-state index contributed by atoms with van der Waals surface area (Å²) in [6.07, 6.45) is 0.864. The molecule has 3 aromatic carbocycles. The highest BCUT2D eigenvalue weighted by Crippen LogP contribution is 2.22. The smallest absolute Gasteiger partial charge is 0.262 e. The molecule has 0 spiro atoms. The van der Waals surface area contributed by atoms with Crippen LogP contribution < -0.4 is 14.8 Å². The average molecular weight is 375 g/mol. The van der Waals surface area contributed by atoms with Crippen LogP contribution in [0, 0.1) is 6.92 Å². The Bertz CT molecular complexity index is 905. The second-order valence-corrected chi connectivity index (χ2v) is 6.55. The zero-order valence-electron chi connectivity index (χ0n) is 16.3. The number of ether oxygens (including phenoxy) is 2. The van der Waals surface area contributed by atoms with Gasteiger partial charge < -0.3 is 14.8 Å². The molecule has 0 fully saturated rings. The average Bonchev–Trinajstić information content (AvgIpc) is 2.73. The molecule has 4 heteroatoms. The lowest BCUT2D eigenvalue weighted by Crippen LogP contribution is -2.21. The van der Waals surface area contributed by atoms with Gasteiger partial charge in [-0.15, -0.1) is 0 Å². The monoisotopic (exact) mass is 375 g/mol. The fourth-order valence-corrected chi connectivity index (χ4v) is 2.90. The largest absolute Gasteiger partial charge is 0.489 e. The number of para-hydroxylation sites is 1. The number of rotatable bonds is 8. The zero-order chi connectivity index (χ0) is 19.8. The Morgan fingerprint density at radius 2 is 1.54 bits per heavy atom. The van der Waals surface area contributed by atoms with Crippen LogP contribution >= 0.6 is 0 Å². The van der Waals surface area contributed by atoms with Gasteiger partial charge in [-0.2, -0.15) is 0 Å². The van der Waals surface area contributed by atoms with E-state index in [1.807, 2.05) is 67.6 Å². The second kappa shape index (κ2) is 9.60. The number of aryl methyl sites for hydroxylation is 2. The van der Waals surface area contributed by atoms with Gasteiger partial charge in [-0.25, -0.2) is 0 Å². The molecule has 0 bridgehead atoms. The number of nitrogens with one attached hydrogen (secondary N) is 1. The lowest BCUT2D eigenvalue weighted by molar-refractivity contribution is -0.118. The van der Waals surface area contributed by atoms with Crippen molar-refractivity contribution in [1.29, 1.82) is 0 Å². The van der Waals surface area contributed by atoms with Crippen molar-refractivity contribution in [3.8, 4) is 11.5 Å². The van der Waals surface area contributed by atoms with Crippen molar-refractivity contribution < 1.29 is 14.3 Å². The SMILES string of the molecule is CCc1cccc(C)c1NC(=O)COc1ccc(OCc2ccccc2)cc1. The van der Waals surface area contributed by atoms with E-state index in [0.717, 1.165) is 34.5 Å². The molecular weight excluding hydrogens is 350 g/mol. The Morgan fingerprint density at radius 3 is 2.21 bits per heavy atom. The highest BCUT2D eigenvalue weighted by atomic mass is 16.5. The molecule has 3 rings (SSSR count). The zero-order valence-corrected chi connectivity index (χ0v) is 16.3. The molecule has 0 saturated carbocycles. The van der Waals surface area contributed by atoms with Crippen LogP contribution in [-0.4, -0.2) is 12.5 Å². The Kier molecular flexibility index (Phi) is 6.68. The Hall–Kier alpha value is -3.27. The fraction of sp³-hybridized carbons (Fsp3) is 0.208. The Morgan fingerprint density at radius 1 is 0.857 bits per heavy atom. The van der Waals surface area contributed by atoms with E-state index in [-0.39, 0.29) is 12.5 Å². The van der Waals surface area contributed by atoms with Gasteiger partial charge in [0.25, 0.3) is 5.91 Å². The number of anilines is 1. The van der Waals surface area contributed by atoms with Crippen LogP contribution in [0.25, 0.3) is 0 Å². The summed E-state index contributed by atoms with van der Waals surface area (Å²) >= 11 is 0. The number of amides is 1. The van der Waals surface area contributed by atoms with Gasteiger partial charge >= 0.3 is 0 Å². The molecule has 0 aliphatic carbocycles. The molecule has 0 heterocycles. The third-order valence-electron chi connectivity index (χ3n) is 4.45. The first kappa shape index (κ1) is 19.5. The van der Waals surface area contributed by atoms with Crippen molar-refractivity contribution in [3.63, 3.8) is 0 Å². The fourth-order valence-electron chi connectivity index (χ4n) is 2.90. The normalized spacial score (nSPS) is 10.4. The summed E-state index contributed by atoms with van der Waals surface area (Å²) in [6, 6.07) is 23.3. The van der Waals surface area contributed by atoms with Crippen LogP contribution in [0.15, 0.2) is 72.8 Å². The van der Waals surface area contributed by atoms with E-state index in [1.54, 1.807) is 12.1 Å². The van der Waals surface area contributed by atoms with Crippen molar-refractivity contribution in [3.05, 3.63) is 89.5 Å². The van der Waals surface area contributed by atoms with Gasteiger partial charge in [-0.1, -0.05) is 55.5 Å². The van der Waals surface area contributed by atoms with Gasteiger partial charge in [0, 0.05) is 5.69 Å². The molecule has 28 heavy (non-hydrogen) atoms. The van der Waals surface area contributed by atoms with Crippen molar-refractivity contribution in [2.24, 2.45) is 0 Å². The Labute approximate surface area is 166 Å². The summed E-state index contributed by atoms with van der Waals surface area (Å²) in [5, 5.41) is 2.96. The minimum Gasteiger partial charge on any atom is -0.489 e. The lowest BCUT2D eigenvalue weighted by atomic mass is 10.1. The van der Waals surface area contributed by atoms with E-state index in [1.165, 1.54) is 0 Å². The highest BCUT2D eigenvalue weighted by molar-refractivity contribution is 5.93. The summed E-state index contributed by atoms with van der Waals surface area (Å²) in [7, 11) is 0. The van der Waals surface area contributed by atoms with Crippen molar-refractivity contribution in [1.82, 2.24) is 0 Å². The predicted molar refractivity (Wildman–Crippen MR) is 112 cm³/mol. The van der Waals surface area contributed by atoms with Crippen LogP contribution in [0.4, 0.5) is 5.69 Å². The molecule has 1 N–H and O–H groups in total. The summed E-state index contributed by atoms with van der Waals surface area (Å²) in [5.74, 6) is 1.21. The summed E-state index contributed by atoms with van der Waals surface area (Å²) in [5.41, 5.74) is 4.16. The first-order valence-electron chi connectivity index (χ1n) is 9.43. The minimum absolute atomic E-state index is 0.0400. The maximum Gasteiger partial charge on any atom is 0.262 e. The van der Waals surface area contributed by atoms with Crippen LogP contribution in [-0.2, 0) is 17.8 Å². The third kappa shape index (κ3) is 5.36. The van der Waals surface area contributed by atoms with E-state index in [4.69, 9.17) is 9.47 Å². The van der Waals surface area contributed by atoms with E-state index in [9.17, 15) is 4.79 Å². The van der Waals surface area contributed by atoms with Crippen molar-refractivity contribution in [2.75, 3.05) is 11.9 Å². The summed E-state index contributed by atoms with van der Waals surface area (Å²) < 4.78 is 11.4. The van der Waals surface area contributed by atoms with Crippen LogP contribution in [0.2, 0.25) is 0 Å². The van der Waals surface area contributed by atoms with E-state index >= 15 is 0 Å². The molecule has 144 valence electrons. The molecule has 0 atom stereocenters. The molecule has 3 aromatic rings. The number of carbonyl (C=O) groups excluding carboxylic acids is 1. The van der Waals surface area contributed by atoms with Gasteiger partial charge in [0.05, 0.1) is 0 Å². The first-order valence-corrected chi connectivity index (χ1v) is 9.43. The van der Waals surface area contributed by atoms with Crippen LogP contribution in [0.5, 0.6) is 11.5 Å². The molecule has 0 aliphatic rings. The summed E-state index contributed by atoms with van der Waals surface area (Å²) in [6.45, 7) is 4.54. The molecule has 0 aliphatic heterocycles. The van der Waals surface area contributed by atoms with Gasteiger partial charge in [-0.3, -0.25) is 4.79 Å². The van der Waals surface area contributed by atoms with Gasteiger partial charge in [0.15, 0.2) is 6.61 Å². The summed E-state index contributed by atoms with van der Waals surface area (Å²) in [4.78, 5) is 12.3. The molecule has 0 radical (unpaired) electrons. The quantitative estimate of drug-likeness (QED) is 0.592.